The van der Waals surface area contributed by atoms with Gasteiger partial charge >= 0.3 is 5.56 Å². The Morgan fingerprint density at radius 3 is 2.42 bits per heavy atom. The zero-order valence-electron chi connectivity index (χ0n) is 12.4. The molecule has 4 N–H and O–H groups in total. The Labute approximate surface area is 143 Å². The first kappa shape index (κ1) is 15.8. The lowest BCUT2D eigenvalue weighted by molar-refractivity contribution is -0.350. The van der Waals surface area contributed by atoms with Gasteiger partial charge in [0.05, 0.1) is 11.4 Å². The van der Waals surface area contributed by atoms with E-state index in [1.807, 2.05) is 36.4 Å². The largest absolute Gasteiger partial charge is 1.00 e. The van der Waals surface area contributed by atoms with Crippen LogP contribution in [0.2, 0.25) is 0 Å². The van der Waals surface area contributed by atoms with Gasteiger partial charge < -0.3 is 28.0 Å². The highest BCUT2D eigenvalue weighted by molar-refractivity contribution is 6.26. The maximum absolute atomic E-state index is 12.5. The topological polar surface area (TPSA) is 88.1 Å². The van der Waals surface area contributed by atoms with Crippen molar-refractivity contribution in [3.05, 3.63) is 70.8 Å². The van der Waals surface area contributed by atoms with Crippen molar-refractivity contribution in [2.45, 2.75) is 0 Å². The van der Waals surface area contributed by atoms with Crippen molar-refractivity contribution >= 4 is 33.9 Å². The zero-order chi connectivity index (χ0) is 15.8. The molecule has 120 valence electrons. The highest BCUT2D eigenvalue weighted by Crippen LogP contribution is 2.25. The van der Waals surface area contributed by atoms with Crippen LogP contribution in [-0.2, 0) is 4.79 Å². The predicted octanol–water partition coefficient (Wildman–Crippen LogP) is -1.25. The normalized spacial score (nSPS) is 13.0. The number of anilines is 2. The molecule has 1 aromatic heterocycles. The number of H-pyrrole nitrogens is 2. The molecule has 2 heterocycles. The molecule has 2 aromatic carbocycles. The first-order valence-electron chi connectivity index (χ1n) is 7.14. The fraction of sp³-hybridized carbons (Fsp3) is 0. The molecule has 1 aliphatic heterocycles. The van der Waals surface area contributed by atoms with E-state index in [2.05, 4.69) is 20.6 Å². The summed E-state index contributed by atoms with van der Waals surface area (Å²) in [5.74, 6) is -0.348. The van der Waals surface area contributed by atoms with Crippen molar-refractivity contribution in [3.63, 3.8) is 0 Å². The number of benzene rings is 2. The minimum Gasteiger partial charge on any atom is -1.00 e. The summed E-state index contributed by atoms with van der Waals surface area (Å²) in [5.41, 5.74) is 2.98. The first-order chi connectivity index (χ1) is 11.2. The Morgan fingerprint density at radius 2 is 1.58 bits per heavy atom. The lowest BCUT2D eigenvalue weighted by Crippen LogP contribution is -3.00. The van der Waals surface area contributed by atoms with Crippen LogP contribution in [0.25, 0.3) is 16.6 Å². The minimum atomic E-state index is -0.349. The summed E-state index contributed by atoms with van der Waals surface area (Å²) in [5, 5.41) is 5.86. The highest BCUT2D eigenvalue weighted by Gasteiger charge is 2.25. The number of aromatic nitrogens is 2. The van der Waals surface area contributed by atoms with Crippen LogP contribution in [0.4, 0.5) is 11.4 Å². The van der Waals surface area contributed by atoms with Crippen LogP contribution < -0.4 is 33.6 Å². The van der Waals surface area contributed by atoms with E-state index in [0.29, 0.717) is 11.2 Å². The summed E-state index contributed by atoms with van der Waals surface area (Å²) >= 11 is 0. The number of carbonyl (C=O) groups is 1. The van der Waals surface area contributed by atoms with E-state index < -0.39 is 0 Å². The molecule has 0 unspecified atom stereocenters. The molecular weight excluding hydrogens is 328 g/mol. The van der Waals surface area contributed by atoms with E-state index in [4.69, 9.17) is 0 Å². The van der Waals surface area contributed by atoms with Crippen LogP contribution >= 0.6 is 0 Å². The maximum atomic E-state index is 12.5. The first-order valence-corrected chi connectivity index (χ1v) is 7.14. The molecule has 24 heavy (non-hydrogen) atoms. The van der Waals surface area contributed by atoms with Gasteiger partial charge in [-0.1, -0.05) is 24.3 Å². The van der Waals surface area contributed by atoms with Gasteiger partial charge in [-0.25, -0.2) is 0 Å². The van der Waals surface area contributed by atoms with Gasteiger partial charge in [0.2, 0.25) is 5.52 Å². The number of rotatable bonds is 1. The molecule has 0 radical (unpaired) electrons. The molecule has 0 atom stereocenters. The molecule has 1 amide bonds. The molecule has 0 aliphatic carbocycles. The third kappa shape index (κ3) is 2.63. The van der Waals surface area contributed by atoms with Crippen molar-refractivity contribution in [2.75, 3.05) is 10.6 Å². The molecule has 0 bridgehead atoms. The quantitative estimate of drug-likeness (QED) is 0.517. The summed E-state index contributed by atoms with van der Waals surface area (Å²) < 4.78 is 0. The standard InChI is InChI=1S/C17H12N4O2.ClH/c22-16-10(9-18-11-5-1-2-6-12(11)20-16)15-17(23)21-14-8-4-3-7-13(14)19-15;/h1-9,18H,(H,20,22)(H,21,23);1H. The summed E-state index contributed by atoms with van der Waals surface area (Å²) in [7, 11) is 0. The van der Waals surface area contributed by atoms with Gasteiger partial charge in [-0.15, -0.1) is 0 Å². The van der Waals surface area contributed by atoms with E-state index in [-0.39, 0.29) is 35.1 Å². The Bertz CT molecular complexity index is 1030. The fourth-order valence-electron chi connectivity index (χ4n) is 2.58. The van der Waals surface area contributed by atoms with Gasteiger partial charge in [0.1, 0.15) is 11.1 Å². The number of amides is 1. The van der Waals surface area contributed by atoms with Gasteiger partial charge in [0, 0.05) is 12.3 Å². The van der Waals surface area contributed by atoms with Gasteiger partial charge in [-0.05, 0) is 18.2 Å². The molecule has 7 heteroatoms. The van der Waals surface area contributed by atoms with Crippen molar-refractivity contribution in [3.8, 4) is 0 Å². The number of halogens is 1. The third-order valence-electron chi connectivity index (χ3n) is 3.72. The number of nitrogens with one attached hydrogen (secondary N) is 4. The molecule has 0 saturated heterocycles. The summed E-state index contributed by atoms with van der Waals surface area (Å²) in [6, 6.07) is 14.7. The van der Waals surface area contributed by atoms with Gasteiger partial charge in [-0.2, -0.15) is 4.98 Å². The Balaban J connectivity index is 0.00000169. The summed E-state index contributed by atoms with van der Waals surface area (Å²) in [4.78, 5) is 30.6. The number of hydrogen-bond acceptors (Lipinski definition) is 3. The summed E-state index contributed by atoms with van der Waals surface area (Å²) in [6.07, 6.45) is 1.54. The van der Waals surface area contributed by atoms with Crippen LogP contribution in [0.15, 0.2) is 59.5 Å². The van der Waals surface area contributed by atoms with Gasteiger partial charge in [-0.3, -0.25) is 9.59 Å². The fourth-order valence-corrected chi connectivity index (χ4v) is 2.58. The second-order valence-electron chi connectivity index (χ2n) is 5.20. The zero-order valence-corrected chi connectivity index (χ0v) is 13.1. The Morgan fingerprint density at radius 1 is 0.875 bits per heavy atom. The number of hydrogen-bond donors (Lipinski definition) is 3. The van der Waals surface area contributed by atoms with E-state index in [9.17, 15) is 9.59 Å². The molecule has 3 aromatic rings. The molecule has 0 saturated carbocycles. The van der Waals surface area contributed by atoms with E-state index in [1.165, 1.54) is 6.20 Å². The van der Waals surface area contributed by atoms with Crippen LogP contribution in [0, 0.1) is 0 Å². The number of carbonyl (C=O) groups excluding carboxylic acids is 1. The minimum absolute atomic E-state index is 0. The second kappa shape index (κ2) is 6.17. The van der Waals surface area contributed by atoms with Crippen molar-refractivity contribution in [1.29, 1.82) is 0 Å². The Kier molecular flexibility index (Phi) is 4.05. The number of para-hydroxylation sites is 4. The third-order valence-corrected chi connectivity index (χ3v) is 3.72. The molecule has 0 spiro atoms. The van der Waals surface area contributed by atoms with Crippen molar-refractivity contribution < 1.29 is 22.2 Å². The average molecular weight is 341 g/mol. The van der Waals surface area contributed by atoms with Crippen LogP contribution in [-0.4, -0.2) is 10.9 Å². The molecule has 1 aliphatic rings. The van der Waals surface area contributed by atoms with Gasteiger partial charge in [0.15, 0.2) is 0 Å². The SMILES string of the molecule is O=C1Nc2ccccc2NC=C1c1[nH+]c2ccccc2[nH]c1=O.[Cl-]. The molecule has 6 nitrogen and oxygen atoms in total. The van der Waals surface area contributed by atoms with Gasteiger partial charge in [0.25, 0.3) is 11.6 Å². The predicted molar refractivity (Wildman–Crippen MR) is 87.8 cm³/mol. The lowest BCUT2D eigenvalue weighted by Gasteiger charge is -2.05. The van der Waals surface area contributed by atoms with E-state index in [0.717, 1.165) is 11.2 Å². The van der Waals surface area contributed by atoms with Crippen LogP contribution in [0.3, 0.4) is 0 Å². The molecular formula is C17H13ClN4O2. The number of fused-ring (bicyclic) bond motifs is 2. The second-order valence-corrected chi connectivity index (χ2v) is 5.20. The smallest absolute Gasteiger partial charge is 0.321 e. The lowest BCUT2D eigenvalue weighted by atomic mass is 10.2. The number of aromatic amines is 2. The van der Waals surface area contributed by atoms with Crippen LogP contribution in [0.1, 0.15) is 5.69 Å². The highest BCUT2D eigenvalue weighted by atomic mass is 35.5. The van der Waals surface area contributed by atoms with Crippen molar-refractivity contribution in [1.82, 2.24) is 4.98 Å². The van der Waals surface area contributed by atoms with E-state index in [1.54, 1.807) is 12.1 Å². The summed E-state index contributed by atoms with van der Waals surface area (Å²) in [6.45, 7) is 0. The average Bonchev–Trinajstić information content (AvgIpc) is 2.72. The van der Waals surface area contributed by atoms with E-state index >= 15 is 0 Å². The van der Waals surface area contributed by atoms with Crippen molar-refractivity contribution in [2.24, 2.45) is 0 Å². The monoisotopic (exact) mass is 340 g/mol. The molecule has 0 fully saturated rings. The molecule has 4 rings (SSSR count). The van der Waals surface area contributed by atoms with Crippen LogP contribution in [0.5, 0.6) is 0 Å². The Hall–Kier alpha value is -3.12. The maximum Gasteiger partial charge on any atom is 0.321 e.